The Balaban J connectivity index is 2.38. The minimum atomic E-state index is -1.74. The average molecular weight is 408 g/mol. The maximum Gasteiger partial charge on any atom is 0.370 e. The fourth-order valence-corrected chi connectivity index (χ4v) is 2.94. The quantitative estimate of drug-likeness (QED) is 0.323. The second-order valence-corrected chi connectivity index (χ2v) is 6.75. The Kier molecular flexibility index (Phi) is 7.32. The second kappa shape index (κ2) is 9.50. The molecule has 0 unspecified atom stereocenters. The first-order chi connectivity index (χ1) is 13.6. The molecule has 1 heterocycles. The zero-order valence-electron chi connectivity index (χ0n) is 15.9. The van der Waals surface area contributed by atoms with Crippen molar-refractivity contribution in [1.29, 1.82) is 0 Å². The first-order valence-electron chi connectivity index (χ1n) is 8.87. The molecule has 0 radical (unpaired) electrons. The molecule has 0 bridgehead atoms. The smallest absolute Gasteiger partial charge is 0.370 e. The normalized spacial score (nSPS) is 23.2. The number of aliphatic carboxylic acids is 1. The second-order valence-electron chi connectivity index (χ2n) is 6.75. The monoisotopic (exact) mass is 408 g/mol. The minimum Gasteiger partial charge on any atom is -0.478 e. The highest BCUT2D eigenvalue weighted by atomic mass is 16.5. The predicted octanol–water partition coefficient (Wildman–Crippen LogP) is -1.32. The zero-order valence-corrected chi connectivity index (χ0v) is 15.9. The van der Waals surface area contributed by atoms with Gasteiger partial charge in [0.1, 0.15) is 18.3 Å². The van der Waals surface area contributed by atoms with Gasteiger partial charge in [-0.3, -0.25) is 9.59 Å². The van der Waals surface area contributed by atoms with Gasteiger partial charge in [0, 0.05) is 12.5 Å². The molecule has 2 amide bonds. The molecule has 29 heavy (non-hydrogen) atoms. The highest BCUT2D eigenvalue weighted by molar-refractivity contribution is 5.95. The topological polar surface area (TPSA) is 165 Å². The van der Waals surface area contributed by atoms with Crippen molar-refractivity contribution in [3.63, 3.8) is 0 Å². The molecule has 0 fully saturated rings. The molecule has 0 saturated heterocycles. The molecule has 10 heteroatoms. The van der Waals surface area contributed by atoms with Crippen molar-refractivity contribution in [3.8, 4) is 0 Å². The van der Waals surface area contributed by atoms with E-state index >= 15 is 0 Å². The molecule has 0 aromatic heterocycles. The molecule has 1 aliphatic heterocycles. The van der Waals surface area contributed by atoms with E-state index in [1.54, 1.807) is 24.3 Å². The molecule has 0 aliphatic carbocycles. The number of ether oxygens (including phenoxy) is 1. The number of aliphatic hydroxyl groups is 3. The average Bonchev–Trinajstić information content (AvgIpc) is 2.67. The summed E-state index contributed by atoms with van der Waals surface area (Å²) in [7, 11) is 0. The third kappa shape index (κ3) is 5.53. The van der Waals surface area contributed by atoms with E-state index in [0.717, 1.165) is 11.6 Å². The van der Waals surface area contributed by atoms with Gasteiger partial charge in [-0.05, 0) is 25.1 Å². The Hall–Kier alpha value is -2.95. The van der Waals surface area contributed by atoms with Crippen LogP contribution in [-0.2, 0) is 14.3 Å². The molecule has 10 nitrogen and oxygen atoms in total. The molecule has 0 saturated carbocycles. The van der Waals surface area contributed by atoms with E-state index in [1.807, 2.05) is 6.92 Å². The molecular weight excluding hydrogens is 384 g/mol. The highest BCUT2D eigenvalue weighted by Gasteiger charge is 2.44. The lowest BCUT2D eigenvalue weighted by Crippen LogP contribution is -2.63. The number of carboxylic acids is 1. The Morgan fingerprint density at radius 1 is 1.14 bits per heavy atom. The Bertz CT molecular complexity index is 792. The van der Waals surface area contributed by atoms with E-state index in [2.05, 4.69) is 10.6 Å². The number of amides is 2. The van der Waals surface area contributed by atoms with E-state index < -0.39 is 60.5 Å². The molecule has 2 rings (SSSR count). The summed E-state index contributed by atoms with van der Waals surface area (Å²) in [5, 5.41) is 43.6. The summed E-state index contributed by atoms with van der Waals surface area (Å²) >= 11 is 0. The maximum atomic E-state index is 12.6. The fourth-order valence-electron chi connectivity index (χ4n) is 2.94. The number of carbonyl (C=O) groups excluding carboxylic acids is 2. The number of carboxylic acid groups (broad SMARTS) is 1. The van der Waals surface area contributed by atoms with Gasteiger partial charge in [-0.2, -0.15) is 0 Å². The SMILES string of the molecule is CC(=O)N[C@H]1[C@H]([C@H](O)[C@H](O)CO)OC(C(=O)O)=C[C@@H]1NC(=O)c1ccc(C)cc1. The highest BCUT2D eigenvalue weighted by Crippen LogP contribution is 2.23. The Morgan fingerprint density at radius 3 is 2.28 bits per heavy atom. The predicted molar refractivity (Wildman–Crippen MR) is 99.7 cm³/mol. The lowest BCUT2D eigenvalue weighted by atomic mass is 9.91. The van der Waals surface area contributed by atoms with Crippen LogP contribution < -0.4 is 10.6 Å². The summed E-state index contributed by atoms with van der Waals surface area (Å²) in [5.74, 6) is -3.10. The van der Waals surface area contributed by atoms with Crippen LogP contribution in [-0.4, -0.2) is 75.2 Å². The van der Waals surface area contributed by atoms with Crippen LogP contribution in [0.15, 0.2) is 36.1 Å². The third-order valence-electron chi connectivity index (χ3n) is 4.44. The van der Waals surface area contributed by atoms with Crippen LogP contribution in [0.3, 0.4) is 0 Å². The summed E-state index contributed by atoms with van der Waals surface area (Å²) < 4.78 is 5.25. The number of aryl methyl sites for hydroxylation is 1. The number of benzene rings is 1. The van der Waals surface area contributed by atoms with Crippen LogP contribution in [0.4, 0.5) is 0 Å². The number of hydrogen-bond donors (Lipinski definition) is 6. The van der Waals surface area contributed by atoms with Crippen molar-refractivity contribution in [3.05, 3.63) is 47.2 Å². The van der Waals surface area contributed by atoms with Crippen LogP contribution in [0.1, 0.15) is 22.8 Å². The molecule has 1 aromatic rings. The van der Waals surface area contributed by atoms with E-state index in [0.29, 0.717) is 5.56 Å². The Labute approximate surface area is 166 Å². The third-order valence-corrected chi connectivity index (χ3v) is 4.44. The van der Waals surface area contributed by atoms with Gasteiger partial charge < -0.3 is 35.8 Å². The Morgan fingerprint density at radius 2 is 1.76 bits per heavy atom. The maximum absolute atomic E-state index is 12.6. The van der Waals surface area contributed by atoms with Gasteiger partial charge in [0.25, 0.3) is 5.91 Å². The molecule has 158 valence electrons. The van der Waals surface area contributed by atoms with E-state index in [-0.39, 0.29) is 0 Å². The largest absolute Gasteiger partial charge is 0.478 e. The molecular formula is C19H24N2O8. The number of carbonyl (C=O) groups is 3. The molecule has 1 aromatic carbocycles. The molecule has 1 aliphatic rings. The first-order valence-corrected chi connectivity index (χ1v) is 8.87. The van der Waals surface area contributed by atoms with Crippen molar-refractivity contribution in [2.75, 3.05) is 6.61 Å². The van der Waals surface area contributed by atoms with Gasteiger partial charge in [-0.25, -0.2) is 4.79 Å². The van der Waals surface area contributed by atoms with Crippen molar-refractivity contribution in [2.45, 2.75) is 44.2 Å². The van der Waals surface area contributed by atoms with Gasteiger partial charge in [0.2, 0.25) is 11.7 Å². The minimum absolute atomic E-state index is 0.307. The number of nitrogens with one attached hydrogen (secondary N) is 2. The van der Waals surface area contributed by atoms with Gasteiger partial charge >= 0.3 is 5.97 Å². The van der Waals surface area contributed by atoms with Crippen molar-refractivity contribution in [1.82, 2.24) is 10.6 Å². The molecule has 5 atom stereocenters. The summed E-state index contributed by atoms with van der Waals surface area (Å²) in [6.45, 7) is 2.23. The zero-order chi connectivity index (χ0) is 21.7. The van der Waals surface area contributed by atoms with Crippen molar-refractivity contribution in [2.24, 2.45) is 0 Å². The van der Waals surface area contributed by atoms with E-state index in [4.69, 9.17) is 9.84 Å². The first kappa shape index (κ1) is 22.3. The van der Waals surface area contributed by atoms with Crippen LogP contribution in [0, 0.1) is 6.92 Å². The van der Waals surface area contributed by atoms with Gasteiger partial charge in [-0.15, -0.1) is 0 Å². The lowest BCUT2D eigenvalue weighted by molar-refractivity contribution is -0.146. The molecule has 0 spiro atoms. The van der Waals surface area contributed by atoms with Crippen molar-refractivity contribution >= 4 is 17.8 Å². The van der Waals surface area contributed by atoms with Gasteiger partial charge in [0.15, 0.2) is 0 Å². The van der Waals surface area contributed by atoms with Crippen LogP contribution in [0.5, 0.6) is 0 Å². The van der Waals surface area contributed by atoms with E-state index in [9.17, 15) is 29.7 Å². The van der Waals surface area contributed by atoms with E-state index in [1.165, 1.54) is 6.92 Å². The van der Waals surface area contributed by atoms with Gasteiger partial charge in [-0.1, -0.05) is 17.7 Å². The van der Waals surface area contributed by atoms with Gasteiger partial charge in [0.05, 0.1) is 18.7 Å². The molecule has 6 N–H and O–H groups in total. The standard InChI is InChI=1S/C19H24N2O8/c1-9-3-5-11(6-4-9)18(26)21-12-7-14(19(27)28)29-17(15(12)20-10(2)23)16(25)13(24)8-22/h3-7,12-13,15-17,22,24-25H,8H2,1-2H3,(H,20,23)(H,21,26)(H,27,28)/t12-,13+,15+,16+,17+/m0/s1. The van der Waals surface area contributed by atoms with Crippen molar-refractivity contribution < 1.29 is 39.5 Å². The summed E-state index contributed by atoms with van der Waals surface area (Å²) in [6, 6.07) is 4.45. The lowest BCUT2D eigenvalue weighted by Gasteiger charge is -2.40. The van der Waals surface area contributed by atoms with Crippen LogP contribution in [0.2, 0.25) is 0 Å². The summed E-state index contributed by atoms with van der Waals surface area (Å²) in [4.78, 5) is 35.7. The summed E-state index contributed by atoms with van der Waals surface area (Å²) in [6.07, 6.45) is -3.74. The number of rotatable bonds is 7. The summed E-state index contributed by atoms with van der Waals surface area (Å²) in [5.41, 5.74) is 1.25. The van der Waals surface area contributed by atoms with Crippen LogP contribution in [0.25, 0.3) is 0 Å². The number of aliphatic hydroxyl groups excluding tert-OH is 3. The fraction of sp³-hybridized carbons (Fsp3) is 0.421. The number of hydrogen-bond acceptors (Lipinski definition) is 7. The van der Waals surface area contributed by atoms with Crippen LogP contribution >= 0.6 is 0 Å².